The van der Waals surface area contributed by atoms with E-state index in [0.717, 1.165) is 10.8 Å². The Hall–Kier alpha value is -4.78. The number of nitrogens with zero attached hydrogens (tertiary/aromatic N) is 2. The van der Waals surface area contributed by atoms with E-state index in [9.17, 15) is 32.3 Å². The predicted octanol–water partition coefficient (Wildman–Crippen LogP) is 4.58. The molecule has 2 amide bonds. The molecule has 2 aromatic carbocycles. The Morgan fingerprint density at radius 1 is 0.951 bits per heavy atom. The molecule has 1 unspecified atom stereocenters. The number of ketones is 1. The van der Waals surface area contributed by atoms with Gasteiger partial charge in [-0.05, 0) is 22.6 Å². The van der Waals surface area contributed by atoms with Gasteiger partial charge in [-0.2, -0.15) is 13.2 Å². The minimum absolute atomic E-state index is 0.0464. The van der Waals surface area contributed by atoms with Gasteiger partial charge >= 0.3 is 12.3 Å². The summed E-state index contributed by atoms with van der Waals surface area (Å²) < 4.78 is 46.0. The van der Waals surface area contributed by atoms with Crippen LogP contribution in [-0.2, 0) is 33.9 Å². The molecule has 0 spiro atoms. The van der Waals surface area contributed by atoms with Crippen LogP contribution in [-0.4, -0.2) is 39.6 Å². The molecule has 41 heavy (non-hydrogen) atoms. The summed E-state index contributed by atoms with van der Waals surface area (Å²) in [4.78, 5) is 55.5. The summed E-state index contributed by atoms with van der Waals surface area (Å²) in [5.41, 5.74) is -0.0598. The molecule has 0 bridgehead atoms. The number of halogens is 3. The van der Waals surface area contributed by atoms with E-state index in [1.54, 1.807) is 66.0 Å². The topological polar surface area (TPSA) is 119 Å². The molecule has 0 saturated heterocycles. The van der Waals surface area contributed by atoms with Crippen LogP contribution in [0.5, 0.6) is 0 Å². The van der Waals surface area contributed by atoms with Gasteiger partial charge in [0.2, 0.25) is 5.91 Å². The second-order valence-electron chi connectivity index (χ2n) is 8.72. The molecule has 212 valence electrons. The third-order valence-corrected chi connectivity index (χ3v) is 6.62. The summed E-state index contributed by atoms with van der Waals surface area (Å²) in [7, 11) is 0. The zero-order valence-corrected chi connectivity index (χ0v) is 22.1. The molecule has 0 aliphatic rings. The Kier molecular flexibility index (Phi) is 9.30. The molecule has 0 aliphatic carbocycles. The highest BCUT2D eigenvalue weighted by Gasteiger charge is 2.44. The second-order valence-corrected chi connectivity index (χ2v) is 9.67. The zero-order chi connectivity index (χ0) is 29.4. The number of benzene rings is 2. The van der Waals surface area contributed by atoms with Crippen LogP contribution in [0.15, 0.2) is 89.2 Å². The number of aromatic nitrogens is 2. The van der Waals surface area contributed by atoms with Gasteiger partial charge in [0.15, 0.2) is 5.82 Å². The van der Waals surface area contributed by atoms with Crippen LogP contribution in [0, 0.1) is 0 Å². The lowest BCUT2D eigenvalue weighted by atomic mass is 10.0. The van der Waals surface area contributed by atoms with Crippen LogP contribution in [0.4, 0.5) is 23.7 Å². The van der Waals surface area contributed by atoms with Crippen molar-refractivity contribution in [3.8, 4) is 10.7 Å². The van der Waals surface area contributed by atoms with Crippen LogP contribution in [0.3, 0.4) is 0 Å². The van der Waals surface area contributed by atoms with Crippen molar-refractivity contribution in [2.45, 2.75) is 31.8 Å². The highest BCUT2D eigenvalue weighted by Crippen LogP contribution is 2.23. The Morgan fingerprint density at radius 3 is 2.22 bits per heavy atom. The van der Waals surface area contributed by atoms with Crippen molar-refractivity contribution in [1.29, 1.82) is 0 Å². The molecule has 13 heteroatoms. The first-order chi connectivity index (χ1) is 19.6. The maximum absolute atomic E-state index is 13.3. The number of hydrogen-bond donors (Lipinski definition) is 2. The number of carbonyl (C=O) groups excluding carboxylic acids is 3. The van der Waals surface area contributed by atoms with Gasteiger partial charge in [0, 0.05) is 6.42 Å². The standard InChI is InChI=1S/C28H23F3N4O5S/c29-28(30,31)24(37)20(14-18-8-3-1-4-9-18)33-23(36)16-35-25(22-12-7-13-41-22)32-15-21(26(35)38)34-27(39)40-17-19-10-5-2-6-11-19/h1-13,15,20H,14,16-17H2,(H,33,36)(H,34,39). The van der Waals surface area contributed by atoms with Gasteiger partial charge in [0.25, 0.3) is 11.3 Å². The minimum atomic E-state index is -5.20. The molecule has 4 aromatic rings. The van der Waals surface area contributed by atoms with Crippen molar-refractivity contribution in [1.82, 2.24) is 14.9 Å². The van der Waals surface area contributed by atoms with Gasteiger partial charge in [-0.1, -0.05) is 66.7 Å². The van der Waals surface area contributed by atoms with Crippen molar-refractivity contribution < 1.29 is 32.3 Å². The lowest BCUT2D eigenvalue weighted by Gasteiger charge is -2.20. The number of hydrogen-bond acceptors (Lipinski definition) is 7. The van der Waals surface area contributed by atoms with E-state index in [2.05, 4.69) is 15.6 Å². The molecule has 2 heterocycles. The molecular weight excluding hydrogens is 561 g/mol. The largest absolute Gasteiger partial charge is 0.452 e. The number of Topliss-reactive ketones (excluding diaryl/α,β-unsaturated/α-hetero) is 1. The van der Waals surface area contributed by atoms with Gasteiger partial charge in [0.1, 0.15) is 24.9 Å². The Labute approximate surface area is 235 Å². The normalized spacial score (nSPS) is 11.9. The van der Waals surface area contributed by atoms with Crippen molar-refractivity contribution in [3.63, 3.8) is 0 Å². The summed E-state index contributed by atoms with van der Waals surface area (Å²) in [5, 5.41) is 6.11. The van der Waals surface area contributed by atoms with E-state index in [0.29, 0.717) is 16.0 Å². The maximum atomic E-state index is 13.3. The van der Waals surface area contributed by atoms with Crippen molar-refractivity contribution in [3.05, 3.63) is 106 Å². The first kappa shape index (κ1) is 29.2. The molecule has 4 rings (SSSR count). The number of alkyl halides is 3. The SMILES string of the molecule is O=C(Cn1c(-c2cccs2)ncc(NC(=O)OCc2ccccc2)c1=O)NC(Cc1ccccc1)C(=O)C(F)(F)F. The number of amides is 2. The second kappa shape index (κ2) is 13.0. The van der Waals surface area contributed by atoms with Gasteiger partial charge in [0.05, 0.1) is 11.1 Å². The molecule has 2 aromatic heterocycles. The molecule has 0 radical (unpaired) electrons. The number of thiophene rings is 1. The molecule has 0 aliphatic heterocycles. The number of anilines is 1. The van der Waals surface area contributed by atoms with Gasteiger partial charge < -0.3 is 10.1 Å². The van der Waals surface area contributed by atoms with Crippen LogP contribution < -0.4 is 16.2 Å². The van der Waals surface area contributed by atoms with Gasteiger partial charge in [-0.25, -0.2) is 9.78 Å². The van der Waals surface area contributed by atoms with E-state index < -0.39 is 48.5 Å². The average Bonchev–Trinajstić information content (AvgIpc) is 3.49. The van der Waals surface area contributed by atoms with Crippen LogP contribution in [0.25, 0.3) is 10.7 Å². The summed E-state index contributed by atoms with van der Waals surface area (Å²) in [6, 6.07) is 18.1. The van der Waals surface area contributed by atoms with Crippen molar-refractivity contribution in [2.75, 3.05) is 5.32 Å². The first-order valence-corrected chi connectivity index (χ1v) is 13.1. The van der Waals surface area contributed by atoms with Crippen LogP contribution >= 0.6 is 11.3 Å². The molecule has 0 saturated carbocycles. The Morgan fingerprint density at radius 2 is 1.61 bits per heavy atom. The number of rotatable bonds is 10. The first-order valence-electron chi connectivity index (χ1n) is 12.2. The quantitative estimate of drug-likeness (QED) is 0.282. The number of carbonyl (C=O) groups is 3. The third kappa shape index (κ3) is 7.88. The van der Waals surface area contributed by atoms with E-state index >= 15 is 0 Å². The van der Waals surface area contributed by atoms with Crippen molar-refractivity contribution in [2.24, 2.45) is 0 Å². The summed E-state index contributed by atoms with van der Waals surface area (Å²) in [6.45, 7) is -0.843. The Bertz CT molecular complexity index is 1560. The van der Waals surface area contributed by atoms with Gasteiger partial charge in [-0.3, -0.25) is 24.3 Å². The van der Waals surface area contributed by atoms with E-state index in [1.807, 2.05) is 0 Å². The van der Waals surface area contributed by atoms with Gasteiger partial charge in [-0.15, -0.1) is 11.3 Å². The van der Waals surface area contributed by atoms with E-state index in [1.165, 1.54) is 23.5 Å². The molecule has 0 fully saturated rings. The summed E-state index contributed by atoms with van der Waals surface area (Å²) in [5.74, 6) is -3.12. The summed E-state index contributed by atoms with van der Waals surface area (Å²) in [6.07, 6.45) is -5.46. The predicted molar refractivity (Wildman–Crippen MR) is 145 cm³/mol. The lowest BCUT2D eigenvalue weighted by Crippen LogP contribution is -2.49. The highest BCUT2D eigenvalue weighted by atomic mass is 32.1. The third-order valence-electron chi connectivity index (χ3n) is 5.75. The summed E-state index contributed by atoms with van der Waals surface area (Å²) >= 11 is 1.21. The average molecular weight is 585 g/mol. The Balaban J connectivity index is 1.56. The molecule has 9 nitrogen and oxygen atoms in total. The van der Waals surface area contributed by atoms with Crippen LogP contribution in [0.1, 0.15) is 11.1 Å². The zero-order valence-electron chi connectivity index (χ0n) is 21.3. The van der Waals surface area contributed by atoms with Crippen LogP contribution in [0.2, 0.25) is 0 Å². The lowest BCUT2D eigenvalue weighted by molar-refractivity contribution is -0.173. The van der Waals surface area contributed by atoms with E-state index in [4.69, 9.17) is 4.74 Å². The number of ether oxygens (including phenoxy) is 1. The smallest absolute Gasteiger partial charge is 0.444 e. The monoisotopic (exact) mass is 584 g/mol. The molecule has 1 atom stereocenters. The fraction of sp³-hybridized carbons (Fsp3) is 0.179. The number of nitrogens with one attached hydrogen (secondary N) is 2. The fourth-order valence-electron chi connectivity index (χ4n) is 3.84. The highest BCUT2D eigenvalue weighted by molar-refractivity contribution is 7.13. The maximum Gasteiger partial charge on any atom is 0.452 e. The fourth-order valence-corrected chi connectivity index (χ4v) is 4.57. The molecular formula is C28H23F3N4O5S. The molecule has 2 N–H and O–H groups in total. The van der Waals surface area contributed by atoms with Crippen molar-refractivity contribution >= 4 is 34.8 Å². The minimum Gasteiger partial charge on any atom is -0.444 e. The van der Waals surface area contributed by atoms with E-state index in [-0.39, 0.29) is 18.1 Å².